The summed E-state index contributed by atoms with van der Waals surface area (Å²) >= 11 is 5.92. The van der Waals surface area contributed by atoms with E-state index in [2.05, 4.69) is 9.97 Å². The van der Waals surface area contributed by atoms with E-state index >= 15 is 0 Å². The van der Waals surface area contributed by atoms with Crippen LogP contribution < -0.4 is 4.74 Å². The van der Waals surface area contributed by atoms with E-state index in [0.29, 0.717) is 10.9 Å². The zero-order valence-electron chi connectivity index (χ0n) is 10.0. The molecular formula is C14H15ClN2O. The molecule has 3 rings (SSSR count). The third-order valence-corrected chi connectivity index (χ3v) is 3.61. The van der Waals surface area contributed by atoms with E-state index in [0.717, 1.165) is 31.6 Å². The second-order valence-corrected chi connectivity index (χ2v) is 5.14. The van der Waals surface area contributed by atoms with Crippen molar-refractivity contribution in [1.29, 1.82) is 0 Å². The molecule has 0 radical (unpaired) electrons. The van der Waals surface area contributed by atoms with E-state index < -0.39 is 0 Å². The van der Waals surface area contributed by atoms with Crippen molar-refractivity contribution >= 4 is 11.6 Å². The van der Waals surface area contributed by atoms with Crippen molar-refractivity contribution in [3.8, 4) is 5.75 Å². The number of aromatic amines is 1. The van der Waals surface area contributed by atoms with E-state index in [1.165, 1.54) is 11.4 Å². The molecule has 1 atom stereocenters. The van der Waals surface area contributed by atoms with Crippen molar-refractivity contribution in [2.75, 3.05) is 6.61 Å². The van der Waals surface area contributed by atoms with Gasteiger partial charge in [0.15, 0.2) is 0 Å². The number of imidazole rings is 1. The molecule has 1 unspecified atom stereocenters. The normalized spacial score (nSPS) is 18.4. The molecule has 1 N–H and O–H groups in total. The fraction of sp³-hybridized carbons (Fsp3) is 0.357. The topological polar surface area (TPSA) is 37.9 Å². The predicted octanol–water partition coefficient (Wildman–Crippen LogP) is 3.25. The summed E-state index contributed by atoms with van der Waals surface area (Å²) in [4.78, 5) is 7.53. The number of benzene rings is 1. The van der Waals surface area contributed by atoms with E-state index in [-0.39, 0.29) is 0 Å². The van der Waals surface area contributed by atoms with Gasteiger partial charge in [-0.15, -0.1) is 0 Å². The minimum absolute atomic E-state index is 0.541. The Bertz CT molecular complexity index is 538. The largest absolute Gasteiger partial charge is 0.493 e. The molecule has 0 saturated heterocycles. The van der Waals surface area contributed by atoms with Gasteiger partial charge in [0, 0.05) is 10.7 Å². The number of halogens is 1. The first-order chi connectivity index (χ1) is 8.81. The standard InChI is InChI=1S/C14H15ClN2O/c15-11-2-1-3-12(7-11)18-8-10-4-5-13-14(6-10)17-9-16-13/h1-3,7,9-10H,4-6,8H2,(H,16,17). The maximum absolute atomic E-state index is 5.92. The molecule has 0 bridgehead atoms. The molecule has 0 spiro atoms. The molecule has 94 valence electrons. The molecule has 0 saturated carbocycles. The van der Waals surface area contributed by atoms with Crippen molar-refractivity contribution in [2.24, 2.45) is 5.92 Å². The first-order valence-electron chi connectivity index (χ1n) is 6.21. The van der Waals surface area contributed by atoms with Gasteiger partial charge in [-0.2, -0.15) is 0 Å². The number of aryl methyl sites for hydroxylation is 1. The summed E-state index contributed by atoms with van der Waals surface area (Å²) in [6.07, 6.45) is 5.00. The van der Waals surface area contributed by atoms with Gasteiger partial charge in [0.25, 0.3) is 0 Å². The SMILES string of the molecule is Clc1cccc(OCC2CCc3[nH]cnc3C2)c1. The third kappa shape index (κ3) is 2.51. The van der Waals surface area contributed by atoms with Gasteiger partial charge in [0.1, 0.15) is 5.75 Å². The molecule has 3 nitrogen and oxygen atoms in total. The molecule has 18 heavy (non-hydrogen) atoms. The predicted molar refractivity (Wildman–Crippen MR) is 71.0 cm³/mol. The smallest absolute Gasteiger partial charge is 0.120 e. The minimum Gasteiger partial charge on any atom is -0.493 e. The number of hydrogen-bond acceptors (Lipinski definition) is 2. The molecule has 2 aromatic rings. The van der Waals surface area contributed by atoms with Crippen molar-refractivity contribution < 1.29 is 4.74 Å². The number of ether oxygens (including phenoxy) is 1. The molecule has 1 aromatic carbocycles. The van der Waals surface area contributed by atoms with Gasteiger partial charge in [0.05, 0.1) is 18.6 Å². The van der Waals surface area contributed by atoms with Crippen LogP contribution in [0.5, 0.6) is 5.75 Å². The van der Waals surface area contributed by atoms with Gasteiger partial charge >= 0.3 is 0 Å². The summed E-state index contributed by atoms with van der Waals surface area (Å²) in [7, 11) is 0. The second-order valence-electron chi connectivity index (χ2n) is 4.70. The molecule has 1 aliphatic carbocycles. The highest BCUT2D eigenvalue weighted by Gasteiger charge is 2.20. The lowest BCUT2D eigenvalue weighted by Gasteiger charge is -2.21. The highest BCUT2D eigenvalue weighted by atomic mass is 35.5. The molecule has 0 aliphatic heterocycles. The molecular weight excluding hydrogens is 248 g/mol. The fourth-order valence-corrected chi connectivity index (χ4v) is 2.56. The van der Waals surface area contributed by atoms with Gasteiger partial charge in [0.2, 0.25) is 0 Å². The summed E-state index contributed by atoms with van der Waals surface area (Å²) in [5, 5.41) is 0.714. The zero-order chi connectivity index (χ0) is 12.4. The number of nitrogens with zero attached hydrogens (tertiary/aromatic N) is 1. The van der Waals surface area contributed by atoms with E-state index in [4.69, 9.17) is 16.3 Å². The average molecular weight is 263 g/mol. The number of fused-ring (bicyclic) bond motifs is 1. The van der Waals surface area contributed by atoms with Crippen LogP contribution in [0.4, 0.5) is 0 Å². The monoisotopic (exact) mass is 262 g/mol. The Labute approximate surface area is 111 Å². The van der Waals surface area contributed by atoms with Crippen LogP contribution in [0.3, 0.4) is 0 Å². The van der Waals surface area contributed by atoms with Crippen LogP contribution in [0.25, 0.3) is 0 Å². The van der Waals surface area contributed by atoms with Crippen molar-refractivity contribution in [1.82, 2.24) is 9.97 Å². The number of H-pyrrole nitrogens is 1. The van der Waals surface area contributed by atoms with Gasteiger partial charge in [-0.3, -0.25) is 0 Å². The zero-order valence-corrected chi connectivity index (χ0v) is 10.8. The van der Waals surface area contributed by atoms with Crippen LogP contribution in [0, 0.1) is 5.92 Å². The van der Waals surface area contributed by atoms with Crippen LogP contribution in [0.1, 0.15) is 17.8 Å². The Morgan fingerprint density at radius 2 is 2.39 bits per heavy atom. The summed E-state index contributed by atoms with van der Waals surface area (Å²) in [5.41, 5.74) is 2.48. The molecule has 0 fully saturated rings. The molecule has 1 aromatic heterocycles. The van der Waals surface area contributed by atoms with Gasteiger partial charge in [-0.05, 0) is 43.4 Å². The Kier molecular flexibility index (Phi) is 3.24. The molecule has 1 heterocycles. The lowest BCUT2D eigenvalue weighted by atomic mass is 9.90. The quantitative estimate of drug-likeness (QED) is 0.922. The van der Waals surface area contributed by atoms with Crippen molar-refractivity contribution in [3.63, 3.8) is 0 Å². The Balaban J connectivity index is 1.59. The highest BCUT2D eigenvalue weighted by Crippen LogP contribution is 2.24. The van der Waals surface area contributed by atoms with Crippen molar-refractivity contribution in [3.05, 3.63) is 47.0 Å². The maximum Gasteiger partial charge on any atom is 0.120 e. The lowest BCUT2D eigenvalue weighted by Crippen LogP contribution is -2.20. The van der Waals surface area contributed by atoms with Gasteiger partial charge in [-0.1, -0.05) is 17.7 Å². The summed E-state index contributed by atoms with van der Waals surface area (Å²) in [6.45, 7) is 0.729. The van der Waals surface area contributed by atoms with E-state index in [1.54, 1.807) is 6.33 Å². The lowest BCUT2D eigenvalue weighted by molar-refractivity contribution is 0.233. The molecule has 1 aliphatic rings. The van der Waals surface area contributed by atoms with Crippen molar-refractivity contribution in [2.45, 2.75) is 19.3 Å². The number of nitrogens with one attached hydrogen (secondary N) is 1. The van der Waals surface area contributed by atoms with E-state index in [9.17, 15) is 0 Å². The molecule has 0 amide bonds. The van der Waals surface area contributed by atoms with E-state index in [1.807, 2.05) is 24.3 Å². The van der Waals surface area contributed by atoms with Crippen LogP contribution in [-0.2, 0) is 12.8 Å². The maximum atomic E-state index is 5.92. The van der Waals surface area contributed by atoms with Gasteiger partial charge in [-0.25, -0.2) is 4.98 Å². The summed E-state index contributed by atoms with van der Waals surface area (Å²) in [5.74, 6) is 1.38. The Morgan fingerprint density at radius 3 is 3.28 bits per heavy atom. The number of aromatic nitrogens is 2. The van der Waals surface area contributed by atoms with Crippen LogP contribution in [0.15, 0.2) is 30.6 Å². The minimum atomic E-state index is 0.541. The Morgan fingerprint density at radius 1 is 1.44 bits per heavy atom. The number of rotatable bonds is 3. The fourth-order valence-electron chi connectivity index (χ4n) is 2.38. The number of hydrogen-bond donors (Lipinski definition) is 1. The summed E-state index contributed by atoms with van der Waals surface area (Å²) in [6, 6.07) is 7.55. The average Bonchev–Trinajstić information content (AvgIpc) is 2.84. The van der Waals surface area contributed by atoms with Crippen LogP contribution in [0.2, 0.25) is 5.02 Å². The Hall–Kier alpha value is -1.48. The van der Waals surface area contributed by atoms with Crippen LogP contribution >= 0.6 is 11.6 Å². The highest BCUT2D eigenvalue weighted by molar-refractivity contribution is 6.30. The third-order valence-electron chi connectivity index (χ3n) is 3.37. The van der Waals surface area contributed by atoms with Gasteiger partial charge < -0.3 is 9.72 Å². The molecule has 4 heteroatoms. The first-order valence-corrected chi connectivity index (χ1v) is 6.58. The second kappa shape index (κ2) is 5.02. The first kappa shape index (κ1) is 11.6. The van der Waals surface area contributed by atoms with Crippen LogP contribution in [-0.4, -0.2) is 16.6 Å². The summed E-state index contributed by atoms with van der Waals surface area (Å²) < 4.78 is 5.80.